The molecule has 1 aliphatic heterocycles. The maximum Gasteiger partial charge on any atom is 0.239 e. The highest BCUT2D eigenvalue weighted by Crippen LogP contribution is 2.28. The van der Waals surface area contributed by atoms with Gasteiger partial charge in [-0.2, -0.15) is 0 Å². The van der Waals surface area contributed by atoms with Crippen LogP contribution >= 0.6 is 0 Å². The third-order valence-electron chi connectivity index (χ3n) is 3.61. The summed E-state index contributed by atoms with van der Waals surface area (Å²) in [6.07, 6.45) is 5.97. The molecule has 0 unspecified atom stereocenters. The fourth-order valence-electron chi connectivity index (χ4n) is 2.17. The second-order valence-corrected chi connectivity index (χ2v) is 5.28. The largest absolute Gasteiger partial charge is 0.379 e. The van der Waals surface area contributed by atoms with Crippen molar-refractivity contribution in [3.8, 4) is 0 Å². The van der Waals surface area contributed by atoms with Crippen LogP contribution < -0.4 is 5.32 Å². The van der Waals surface area contributed by atoms with E-state index in [2.05, 4.69) is 5.32 Å². The fourth-order valence-corrected chi connectivity index (χ4v) is 2.17. The van der Waals surface area contributed by atoms with Crippen LogP contribution in [0.25, 0.3) is 0 Å². The molecule has 1 saturated carbocycles. The second kappa shape index (κ2) is 6.36. The van der Waals surface area contributed by atoms with Crippen LogP contribution in [0.3, 0.4) is 0 Å². The smallest absolute Gasteiger partial charge is 0.239 e. The zero-order chi connectivity index (χ0) is 12.1. The molecule has 0 aromatic carbocycles. The van der Waals surface area contributed by atoms with E-state index in [0.29, 0.717) is 13.2 Å². The summed E-state index contributed by atoms with van der Waals surface area (Å²) in [6.45, 7) is 3.24. The lowest BCUT2D eigenvalue weighted by molar-refractivity contribution is -0.133. The van der Waals surface area contributed by atoms with E-state index < -0.39 is 0 Å². The Morgan fingerprint density at radius 3 is 2.82 bits per heavy atom. The van der Waals surface area contributed by atoms with Crippen LogP contribution in [-0.2, 0) is 9.53 Å². The molecule has 1 saturated heterocycles. The Labute approximate surface area is 104 Å². The van der Waals surface area contributed by atoms with Gasteiger partial charge in [-0.05, 0) is 38.1 Å². The van der Waals surface area contributed by atoms with Crippen molar-refractivity contribution < 1.29 is 9.53 Å². The lowest BCUT2D eigenvalue weighted by atomic mass is 10.0. The van der Waals surface area contributed by atoms with Crippen LogP contribution in [0.5, 0.6) is 0 Å². The molecular formula is C13H24N2O2. The first-order valence-corrected chi connectivity index (χ1v) is 6.83. The first-order valence-electron chi connectivity index (χ1n) is 6.83. The average molecular weight is 240 g/mol. The molecular weight excluding hydrogens is 216 g/mol. The van der Waals surface area contributed by atoms with Gasteiger partial charge in [0, 0.05) is 20.2 Å². The van der Waals surface area contributed by atoms with Crippen molar-refractivity contribution >= 4 is 5.91 Å². The first-order chi connectivity index (χ1) is 8.27. The van der Waals surface area contributed by atoms with Gasteiger partial charge in [0.05, 0.1) is 12.6 Å². The van der Waals surface area contributed by atoms with Gasteiger partial charge in [-0.15, -0.1) is 0 Å². The maximum atomic E-state index is 12.0. The van der Waals surface area contributed by atoms with E-state index in [1.165, 1.54) is 19.3 Å². The third-order valence-corrected chi connectivity index (χ3v) is 3.61. The summed E-state index contributed by atoms with van der Waals surface area (Å²) in [4.78, 5) is 13.8. The third kappa shape index (κ3) is 4.28. The summed E-state index contributed by atoms with van der Waals surface area (Å²) in [5.74, 6) is 1.02. The van der Waals surface area contributed by atoms with Crippen molar-refractivity contribution in [1.82, 2.24) is 10.2 Å². The second-order valence-electron chi connectivity index (χ2n) is 5.28. The van der Waals surface area contributed by atoms with Gasteiger partial charge in [0.25, 0.3) is 0 Å². The quantitative estimate of drug-likeness (QED) is 0.705. The van der Waals surface area contributed by atoms with Gasteiger partial charge < -0.3 is 15.0 Å². The lowest BCUT2D eigenvalue weighted by Crippen LogP contribution is -2.48. The maximum absolute atomic E-state index is 12.0. The molecule has 17 heavy (non-hydrogen) atoms. The lowest BCUT2D eigenvalue weighted by Gasteiger charge is -2.27. The molecule has 0 bridgehead atoms. The molecule has 2 rings (SSSR count). The van der Waals surface area contributed by atoms with Crippen LogP contribution in [0.2, 0.25) is 0 Å². The molecule has 1 heterocycles. The van der Waals surface area contributed by atoms with Crippen molar-refractivity contribution in [2.45, 2.75) is 38.1 Å². The summed E-state index contributed by atoms with van der Waals surface area (Å²) in [7, 11) is 1.87. The number of piperidine rings is 1. The minimum atomic E-state index is 0.0391. The molecule has 1 aliphatic carbocycles. The number of carbonyl (C=O) groups is 1. The zero-order valence-corrected chi connectivity index (χ0v) is 10.8. The Morgan fingerprint density at radius 1 is 1.35 bits per heavy atom. The normalized spacial score (nSPS) is 24.6. The van der Waals surface area contributed by atoms with Crippen molar-refractivity contribution in [2.75, 3.05) is 33.4 Å². The Kier molecular flexibility index (Phi) is 4.80. The van der Waals surface area contributed by atoms with Crippen LogP contribution in [0, 0.1) is 5.92 Å². The van der Waals surface area contributed by atoms with E-state index in [-0.39, 0.29) is 11.9 Å². The van der Waals surface area contributed by atoms with E-state index >= 15 is 0 Å². The van der Waals surface area contributed by atoms with E-state index in [0.717, 1.165) is 31.9 Å². The minimum Gasteiger partial charge on any atom is -0.379 e. The topological polar surface area (TPSA) is 41.6 Å². The molecule has 98 valence electrons. The van der Waals surface area contributed by atoms with Gasteiger partial charge in [-0.3, -0.25) is 4.79 Å². The summed E-state index contributed by atoms with van der Waals surface area (Å²) in [6, 6.07) is 0.0391. The molecule has 2 fully saturated rings. The van der Waals surface area contributed by atoms with E-state index in [9.17, 15) is 4.79 Å². The Morgan fingerprint density at radius 2 is 2.18 bits per heavy atom. The predicted octanol–water partition coefficient (Wildman–Crippen LogP) is 1.01. The fraction of sp³-hybridized carbons (Fsp3) is 0.923. The predicted molar refractivity (Wildman–Crippen MR) is 66.8 cm³/mol. The van der Waals surface area contributed by atoms with Crippen molar-refractivity contribution in [3.05, 3.63) is 0 Å². The molecule has 0 aromatic heterocycles. The van der Waals surface area contributed by atoms with Gasteiger partial charge in [-0.1, -0.05) is 6.42 Å². The number of ether oxygens (including phenoxy) is 1. The van der Waals surface area contributed by atoms with E-state index in [1.54, 1.807) is 4.90 Å². The number of hydrogen-bond acceptors (Lipinski definition) is 3. The van der Waals surface area contributed by atoms with Crippen molar-refractivity contribution in [3.63, 3.8) is 0 Å². The number of nitrogens with one attached hydrogen (secondary N) is 1. The molecule has 2 aliphatic rings. The Bertz CT molecular complexity index is 248. The van der Waals surface area contributed by atoms with Crippen LogP contribution in [0.4, 0.5) is 0 Å². The Balaban J connectivity index is 1.59. The highest BCUT2D eigenvalue weighted by Gasteiger charge is 2.24. The summed E-state index contributed by atoms with van der Waals surface area (Å²) in [5, 5.41) is 3.29. The SMILES string of the molecule is CN(CCOCC1CC1)C(=O)[C@H]1CCCCN1. The van der Waals surface area contributed by atoms with Gasteiger partial charge in [0.1, 0.15) is 0 Å². The number of hydrogen-bond donors (Lipinski definition) is 1. The molecule has 4 heteroatoms. The van der Waals surface area contributed by atoms with Gasteiger partial charge in [-0.25, -0.2) is 0 Å². The standard InChI is InChI=1S/C13H24N2O2/c1-15(8-9-17-10-11-5-6-11)13(16)12-4-2-3-7-14-12/h11-12,14H,2-10H2,1H3/t12-/m1/s1. The monoisotopic (exact) mass is 240 g/mol. The first kappa shape index (κ1) is 12.8. The molecule has 4 nitrogen and oxygen atoms in total. The van der Waals surface area contributed by atoms with E-state index in [1.807, 2.05) is 7.05 Å². The number of nitrogens with zero attached hydrogens (tertiary/aromatic N) is 1. The van der Waals surface area contributed by atoms with Gasteiger partial charge in [0.15, 0.2) is 0 Å². The average Bonchev–Trinajstić information content (AvgIpc) is 3.18. The molecule has 1 N–H and O–H groups in total. The summed E-state index contributed by atoms with van der Waals surface area (Å²) in [5.41, 5.74) is 0. The summed E-state index contributed by atoms with van der Waals surface area (Å²) < 4.78 is 5.55. The van der Waals surface area contributed by atoms with Gasteiger partial charge in [0.2, 0.25) is 5.91 Å². The highest BCUT2D eigenvalue weighted by molar-refractivity contribution is 5.81. The van der Waals surface area contributed by atoms with E-state index in [4.69, 9.17) is 4.74 Å². The number of rotatable bonds is 6. The minimum absolute atomic E-state index is 0.0391. The van der Waals surface area contributed by atoms with Gasteiger partial charge >= 0.3 is 0 Å². The van der Waals surface area contributed by atoms with Crippen molar-refractivity contribution in [2.24, 2.45) is 5.92 Å². The molecule has 0 radical (unpaired) electrons. The number of likely N-dealkylation sites (N-methyl/N-ethyl adjacent to an activating group) is 1. The highest BCUT2D eigenvalue weighted by atomic mass is 16.5. The number of carbonyl (C=O) groups excluding carboxylic acids is 1. The molecule has 1 atom stereocenters. The van der Waals surface area contributed by atoms with Crippen LogP contribution in [0.15, 0.2) is 0 Å². The molecule has 0 spiro atoms. The number of amides is 1. The van der Waals surface area contributed by atoms with Crippen LogP contribution in [-0.4, -0.2) is 50.2 Å². The molecule has 0 aromatic rings. The van der Waals surface area contributed by atoms with Crippen molar-refractivity contribution in [1.29, 1.82) is 0 Å². The molecule has 1 amide bonds. The Hall–Kier alpha value is -0.610. The van der Waals surface area contributed by atoms with Crippen LogP contribution in [0.1, 0.15) is 32.1 Å². The zero-order valence-electron chi connectivity index (χ0n) is 10.8. The summed E-state index contributed by atoms with van der Waals surface area (Å²) >= 11 is 0.